The number of pyridine rings is 1. The van der Waals surface area contributed by atoms with Crippen molar-refractivity contribution in [2.75, 3.05) is 0 Å². The molecule has 2 aromatic rings. The lowest BCUT2D eigenvalue weighted by atomic mass is 10.1. The minimum Gasteiger partial charge on any atom is -0.456 e. The van der Waals surface area contributed by atoms with Crippen LogP contribution in [0.4, 0.5) is 0 Å². The Balaban J connectivity index is 2.17. The Bertz CT molecular complexity index is 554. The Morgan fingerprint density at radius 3 is 2.26 bits per heavy atom. The summed E-state index contributed by atoms with van der Waals surface area (Å²) in [5, 5.41) is 0. The highest BCUT2D eigenvalue weighted by Crippen LogP contribution is 2.17. The molecule has 0 N–H and O–H groups in total. The number of hydrogen-bond acceptors (Lipinski definition) is 3. The number of esters is 1. The first-order valence-corrected chi connectivity index (χ1v) is 6.20. The van der Waals surface area contributed by atoms with Gasteiger partial charge in [0, 0.05) is 11.8 Å². The third kappa shape index (κ3) is 3.65. The van der Waals surface area contributed by atoms with Crippen LogP contribution in [0, 0.1) is 0 Å². The number of rotatable bonds is 2. The standard InChI is InChI=1S/C16H17NO2/c1-16(2,3)19-15(18)13-9-10-14(17-11-13)12-7-5-4-6-8-12/h4-11H,1-3H3. The second kappa shape index (κ2) is 5.22. The smallest absolute Gasteiger partial charge is 0.340 e. The van der Waals surface area contributed by atoms with Crippen LogP contribution < -0.4 is 0 Å². The molecule has 0 saturated heterocycles. The largest absolute Gasteiger partial charge is 0.456 e. The molecule has 0 aliphatic heterocycles. The average Bonchev–Trinajstić information content (AvgIpc) is 2.38. The molecule has 1 aromatic carbocycles. The van der Waals surface area contributed by atoms with Crippen molar-refractivity contribution in [1.82, 2.24) is 4.98 Å². The highest BCUT2D eigenvalue weighted by Gasteiger charge is 2.17. The summed E-state index contributed by atoms with van der Waals surface area (Å²) in [6.45, 7) is 5.53. The van der Waals surface area contributed by atoms with Gasteiger partial charge in [0.15, 0.2) is 0 Å². The lowest BCUT2D eigenvalue weighted by Crippen LogP contribution is -2.23. The Morgan fingerprint density at radius 1 is 1.05 bits per heavy atom. The van der Waals surface area contributed by atoms with Gasteiger partial charge in [-0.1, -0.05) is 30.3 Å². The number of carbonyl (C=O) groups excluding carboxylic acids is 1. The molecule has 1 aromatic heterocycles. The first-order chi connectivity index (χ1) is 8.96. The van der Waals surface area contributed by atoms with E-state index >= 15 is 0 Å². The molecule has 0 atom stereocenters. The third-order valence-corrected chi connectivity index (χ3v) is 2.47. The van der Waals surface area contributed by atoms with Crippen molar-refractivity contribution in [2.24, 2.45) is 0 Å². The minimum absolute atomic E-state index is 0.348. The van der Waals surface area contributed by atoms with Crippen molar-refractivity contribution in [1.29, 1.82) is 0 Å². The van der Waals surface area contributed by atoms with Gasteiger partial charge in [-0.3, -0.25) is 4.98 Å². The van der Waals surface area contributed by atoms with E-state index < -0.39 is 5.60 Å². The van der Waals surface area contributed by atoms with Crippen LogP contribution in [0.25, 0.3) is 11.3 Å². The molecular formula is C16H17NO2. The molecule has 0 radical (unpaired) electrons. The lowest BCUT2D eigenvalue weighted by Gasteiger charge is -2.19. The molecule has 19 heavy (non-hydrogen) atoms. The number of carbonyl (C=O) groups is 1. The Kier molecular flexibility index (Phi) is 3.65. The van der Waals surface area contributed by atoms with Gasteiger partial charge in [0.1, 0.15) is 5.60 Å². The van der Waals surface area contributed by atoms with E-state index in [4.69, 9.17) is 4.74 Å². The monoisotopic (exact) mass is 255 g/mol. The van der Waals surface area contributed by atoms with Crippen LogP contribution >= 0.6 is 0 Å². The molecule has 0 fully saturated rings. The maximum Gasteiger partial charge on any atom is 0.340 e. The molecule has 0 saturated carbocycles. The van der Waals surface area contributed by atoms with E-state index in [1.165, 1.54) is 0 Å². The van der Waals surface area contributed by atoms with Crippen LogP contribution in [0.2, 0.25) is 0 Å². The second-order valence-corrected chi connectivity index (χ2v) is 5.30. The summed E-state index contributed by atoms with van der Waals surface area (Å²) < 4.78 is 5.29. The third-order valence-electron chi connectivity index (χ3n) is 2.47. The van der Waals surface area contributed by atoms with Crippen molar-refractivity contribution in [3.8, 4) is 11.3 Å². The van der Waals surface area contributed by atoms with Gasteiger partial charge in [0.05, 0.1) is 11.3 Å². The molecule has 0 bridgehead atoms. The molecular weight excluding hydrogens is 238 g/mol. The minimum atomic E-state index is -0.491. The number of benzene rings is 1. The summed E-state index contributed by atoms with van der Waals surface area (Å²) in [6, 6.07) is 13.4. The van der Waals surface area contributed by atoms with Crippen LogP contribution in [-0.2, 0) is 4.74 Å². The summed E-state index contributed by atoms with van der Waals surface area (Å²) in [5.41, 5.74) is 1.84. The zero-order valence-corrected chi connectivity index (χ0v) is 11.4. The molecule has 3 heteroatoms. The van der Waals surface area contributed by atoms with Gasteiger partial charge in [0.2, 0.25) is 0 Å². The summed E-state index contributed by atoms with van der Waals surface area (Å²) in [5.74, 6) is -0.348. The average molecular weight is 255 g/mol. The molecule has 98 valence electrons. The Morgan fingerprint density at radius 2 is 1.74 bits per heavy atom. The first kappa shape index (κ1) is 13.3. The van der Waals surface area contributed by atoms with Crippen molar-refractivity contribution in [3.05, 3.63) is 54.2 Å². The number of hydrogen-bond donors (Lipinski definition) is 0. The van der Waals surface area contributed by atoms with Gasteiger partial charge in [-0.15, -0.1) is 0 Å². The van der Waals surface area contributed by atoms with Crippen molar-refractivity contribution >= 4 is 5.97 Å². The van der Waals surface area contributed by atoms with Gasteiger partial charge in [-0.05, 0) is 32.9 Å². The zero-order chi connectivity index (χ0) is 13.9. The predicted octanol–water partition coefficient (Wildman–Crippen LogP) is 3.70. The van der Waals surface area contributed by atoms with Gasteiger partial charge >= 0.3 is 5.97 Å². The second-order valence-electron chi connectivity index (χ2n) is 5.30. The van der Waals surface area contributed by atoms with E-state index in [-0.39, 0.29) is 5.97 Å². The number of aromatic nitrogens is 1. The van der Waals surface area contributed by atoms with Gasteiger partial charge in [-0.25, -0.2) is 4.79 Å². The molecule has 0 aliphatic carbocycles. The van der Waals surface area contributed by atoms with Crippen molar-refractivity contribution < 1.29 is 9.53 Å². The van der Waals surface area contributed by atoms with E-state index in [0.29, 0.717) is 5.56 Å². The van der Waals surface area contributed by atoms with Gasteiger partial charge in [-0.2, -0.15) is 0 Å². The molecule has 1 heterocycles. The SMILES string of the molecule is CC(C)(C)OC(=O)c1ccc(-c2ccccc2)nc1. The topological polar surface area (TPSA) is 39.2 Å². The molecule has 0 aliphatic rings. The van der Waals surface area contributed by atoms with Gasteiger partial charge < -0.3 is 4.74 Å². The maximum absolute atomic E-state index is 11.8. The number of ether oxygens (including phenoxy) is 1. The fourth-order valence-corrected chi connectivity index (χ4v) is 1.63. The fraction of sp³-hybridized carbons (Fsp3) is 0.250. The summed E-state index contributed by atoms with van der Waals surface area (Å²) >= 11 is 0. The molecule has 3 nitrogen and oxygen atoms in total. The molecule has 0 spiro atoms. The molecule has 0 amide bonds. The number of nitrogens with zero attached hydrogens (tertiary/aromatic N) is 1. The van der Waals surface area contributed by atoms with Crippen LogP contribution in [-0.4, -0.2) is 16.6 Å². The van der Waals surface area contributed by atoms with E-state index in [2.05, 4.69) is 4.98 Å². The summed E-state index contributed by atoms with van der Waals surface area (Å²) in [7, 11) is 0. The zero-order valence-electron chi connectivity index (χ0n) is 11.4. The van der Waals surface area contributed by atoms with E-state index in [0.717, 1.165) is 11.3 Å². The quantitative estimate of drug-likeness (QED) is 0.768. The summed E-state index contributed by atoms with van der Waals surface area (Å²) in [4.78, 5) is 16.1. The molecule has 2 rings (SSSR count). The first-order valence-electron chi connectivity index (χ1n) is 6.20. The van der Waals surface area contributed by atoms with Crippen LogP contribution in [0.3, 0.4) is 0 Å². The Hall–Kier alpha value is -2.16. The molecule has 0 unspecified atom stereocenters. The summed E-state index contributed by atoms with van der Waals surface area (Å²) in [6.07, 6.45) is 1.55. The highest BCUT2D eigenvalue weighted by molar-refractivity contribution is 5.89. The predicted molar refractivity (Wildman–Crippen MR) is 74.8 cm³/mol. The van der Waals surface area contributed by atoms with E-state index in [1.807, 2.05) is 57.2 Å². The highest BCUT2D eigenvalue weighted by atomic mass is 16.6. The van der Waals surface area contributed by atoms with E-state index in [1.54, 1.807) is 12.3 Å². The van der Waals surface area contributed by atoms with Gasteiger partial charge in [0.25, 0.3) is 0 Å². The fourth-order valence-electron chi connectivity index (χ4n) is 1.63. The van der Waals surface area contributed by atoms with Crippen molar-refractivity contribution in [2.45, 2.75) is 26.4 Å². The van der Waals surface area contributed by atoms with Crippen LogP contribution in [0.5, 0.6) is 0 Å². The lowest BCUT2D eigenvalue weighted by molar-refractivity contribution is 0.00691. The van der Waals surface area contributed by atoms with Crippen molar-refractivity contribution in [3.63, 3.8) is 0 Å². The van der Waals surface area contributed by atoms with E-state index in [9.17, 15) is 4.79 Å². The maximum atomic E-state index is 11.8. The normalized spacial score (nSPS) is 11.1. The van der Waals surface area contributed by atoms with Crippen LogP contribution in [0.15, 0.2) is 48.7 Å². The van der Waals surface area contributed by atoms with Crippen LogP contribution in [0.1, 0.15) is 31.1 Å². The Labute approximate surface area is 113 Å².